The van der Waals surface area contributed by atoms with Crippen LogP contribution in [0.4, 0.5) is 0 Å². The number of halogens is 1. The van der Waals surface area contributed by atoms with Gasteiger partial charge in [-0.3, -0.25) is 0 Å². The van der Waals surface area contributed by atoms with Crippen molar-refractivity contribution in [2.75, 3.05) is 13.7 Å². The van der Waals surface area contributed by atoms with E-state index in [9.17, 15) is 4.79 Å². The van der Waals surface area contributed by atoms with Crippen molar-refractivity contribution in [1.29, 1.82) is 0 Å². The SMILES string of the molecule is C=CCOC(=O)/C=C/c1cc(I)c(OCc2ccccc2C)c(OC)c1. The second kappa shape index (κ2) is 10.0. The zero-order valence-corrected chi connectivity index (χ0v) is 17.0. The first-order valence-electron chi connectivity index (χ1n) is 8.05. The van der Waals surface area contributed by atoms with Crippen molar-refractivity contribution in [1.82, 2.24) is 0 Å². The molecule has 0 fully saturated rings. The highest BCUT2D eigenvalue weighted by molar-refractivity contribution is 14.1. The van der Waals surface area contributed by atoms with Gasteiger partial charge in [-0.2, -0.15) is 0 Å². The van der Waals surface area contributed by atoms with E-state index in [1.165, 1.54) is 17.7 Å². The number of hydrogen-bond acceptors (Lipinski definition) is 4. The molecule has 5 heteroatoms. The summed E-state index contributed by atoms with van der Waals surface area (Å²) >= 11 is 2.20. The molecule has 0 aliphatic carbocycles. The summed E-state index contributed by atoms with van der Waals surface area (Å²) in [4.78, 5) is 11.6. The fourth-order valence-electron chi connectivity index (χ4n) is 2.25. The summed E-state index contributed by atoms with van der Waals surface area (Å²) < 4.78 is 17.3. The average Bonchev–Trinajstić information content (AvgIpc) is 2.64. The lowest BCUT2D eigenvalue weighted by Gasteiger charge is -2.14. The first-order valence-corrected chi connectivity index (χ1v) is 9.13. The fraction of sp³-hybridized carbons (Fsp3) is 0.190. The second-order valence-electron chi connectivity index (χ2n) is 5.50. The summed E-state index contributed by atoms with van der Waals surface area (Å²) in [7, 11) is 1.60. The van der Waals surface area contributed by atoms with Gasteiger partial charge in [-0.15, -0.1) is 0 Å². The Bertz CT molecular complexity index is 812. The Morgan fingerprint density at radius 1 is 1.27 bits per heavy atom. The number of carbonyl (C=O) groups excluding carboxylic acids is 1. The highest BCUT2D eigenvalue weighted by Crippen LogP contribution is 2.35. The zero-order valence-electron chi connectivity index (χ0n) is 14.8. The van der Waals surface area contributed by atoms with E-state index in [1.54, 1.807) is 13.2 Å². The predicted octanol–water partition coefficient (Wildman–Crippen LogP) is 4.93. The Labute approximate surface area is 167 Å². The number of benzene rings is 2. The van der Waals surface area contributed by atoms with E-state index in [0.717, 1.165) is 14.7 Å². The van der Waals surface area contributed by atoms with Gasteiger partial charge < -0.3 is 14.2 Å². The second-order valence-corrected chi connectivity index (χ2v) is 6.66. The van der Waals surface area contributed by atoms with E-state index < -0.39 is 5.97 Å². The van der Waals surface area contributed by atoms with Gasteiger partial charge in [0.2, 0.25) is 0 Å². The van der Waals surface area contributed by atoms with Crippen molar-refractivity contribution < 1.29 is 19.0 Å². The van der Waals surface area contributed by atoms with Crippen LogP contribution in [0.2, 0.25) is 0 Å². The molecule has 0 atom stereocenters. The minimum absolute atomic E-state index is 0.190. The largest absolute Gasteiger partial charge is 0.493 e. The topological polar surface area (TPSA) is 44.8 Å². The van der Waals surface area contributed by atoms with Crippen molar-refractivity contribution in [3.8, 4) is 11.5 Å². The molecule has 4 nitrogen and oxygen atoms in total. The highest BCUT2D eigenvalue weighted by atomic mass is 127. The summed E-state index contributed by atoms with van der Waals surface area (Å²) in [5.74, 6) is 0.881. The third-order valence-electron chi connectivity index (χ3n) is 3.64. The average molecular weight is 464 g/mol. The quantitative estimate of drug-likeness (QED) is 0.241. The van der Waals surface area contributed by atoms with Crippen LogP contribution in [0.15, 0.2) is 55.1 Å². The van der Waals surface area contributed by atoms with Gasteiger partial charge in [-0.1, -0.05) is 36.9 Å². The predicted molar refractivity (Wildman–Crippen MR) is 111 cm³/mol. The van der Waals surface area contributed by atoms with E-state index in [4.69, 9.17) is 14.2 Å². The van der Waals surface area contributed by atoms with E-state index in [2.05, 4.69) is 42.2 Å². The first kappa shape index (κ1) is 20.0. The lowest BCUT2D eigenvalue weighted by molar-refractivity contribution is -0.136. The van der Waals surface area contributed by atoms with Crippen molar-refractivity contribution in [3.05, 3.63) is 75.4 Å². The van der Waals surface area contributed by atoms with Crippen LogP contribution in [-0.2, 0) is 16.1 Å². The van der Waals surface area contributed by atoms with E-state index in [-0.39, 0.29) is 6.61 Å². The molecule has 0 unspecified atom stereocenters. The van der Waals surface area contributed by atoms with E-state index >= 15 is 0 Å². The van der Waals surface area contributed by atoms with Crippen molar-refractivity contribution in [3.63, 3.8) is 0 Å². The third kappa shape index (κ3) is 5.62. The molecule has 0 radical (unpaired) electrons. The monoisotopic (exact) mass is 464 g/mol. The Morgan fingerprint density at radius 2 is 2.04 bits per heavy atom. The van der Waals surface area contributed by atoms with Crippen LogP contribution in [-0.4, -0.2) is 19.7 Å². The van der Waals surface area contributed by atoms with Crippen molar-refractivity contribution in [2.24, 2.45) is 0 Å². The number of carbonyl (C=O) groups is 1. The van der Waals surface area contributed by atoms with Gasteiger partial charge in [-0.05, 0) is 64.4 Å². The molecule has 26 heavy (non-hydrogen) atoms. The number of aryl methyl sites for hydroxylation is 1. The minimum Gasteiger partial charge on any atom is -0.493 e. The minimum atomic E-state index is -0.418. The third-order valence-corrected chi connectivity index (χ3v) is 4.44. The Hall–Kier alpha value is -2.28. The van der Waals surface area contributed by atoms with Crippen LogP contribution in [0.5, 0.6) is 11.5 Å². The molecule has 0 bridgehead atoms. The maximum atomic E-state index is 11.6. The van der Waals surface area contributed by atoms with Crippen molar-refractivity contribution >= 4 is 34.6 Å². The molecule has 2 aromatic carbocycles. The number of hydrogen-bond donors (Lipinski definition) is 0. The molecule has 0 aromatic heterocycles. The molecule has 0 aliphatic heterocycles. The van der Waals surface area contributed by atoms with Gasteiger partial charge in [0.1, 0.15) is 13.2 Å². The standard InChI is InChI=1S/C21H21IO4/c1-4-11-25-20(23)10-9-16-12-18(22)21(19(13-16)24-3)26-14-17-8-6-5-7-15(17)2/h4-10,12-13H,1,11,14H2,2-3H3/b10-9+. The molecule has 2 aromatic rings. The van der Waals surface area contributed by atoms with Gasteiger partial charge in [0, 0.05) is 6.08 Å². The normalized spacial score (nSPS) is 10.6. The Kier molecular flexibility index (Phi) is 7.72. The van der Waals surface area contributed by atoms with Crippen molar-refractivity contribution in [2.45, 2.75) is 13.5 Å². The molecule has 136 valence electrons. The van der Waals surface area contributed by atoms with Crippen LogP contribution < -0.4 is 9.47 Å². The summed E-state index contributed by atoms with van der Waals surface area (Å²) in [6.07, 6.45) is 4.59. The van der Waals surface area contributed by atoms with E-state index in [0.29, 0.717) is 18.1 Å². The first-order chi connectivity index (χ1) is 12.5. The molecule has 0 heterocycles. The number of methoxy groups -OCH3 is 1. The Balaban J connectivity index is 2.16. The molecule has 2 rings (SSSR count). The molecule has 0 aliphatic rings. The molecule has 0 spiro atoms. The molecule has 0 amide bonds. The molecule has 0 saturated carbocycles. The summed E-state index contributed by atoms with van der Waals surface area (Å²) in [6, 6.07) is 11.8. The number of rotatable bonds is 8. The fourth-order valence-corrected chi connectivity index (χ4v) is 3.03. The van der Waals surface area contributed by atoms with Crippen LogP contribution in [0.1, 0.15) is 16.7 Å². The molecular weight excluding hydrogens is 443 g/mol. The lowest BCUT2D eigenvalue weighted by atomic mass is 10.1. The van der Waals surface area contributed by atoms with Gasteiger partial charge in [-0.25, -0.2) is 4.79 Å². The smallest absolute Gasteiger partial charge is 0.331 e. The van der Waals surface area contributed by atoms with Gasteiger partial charge in [0.05, 0.1) is 10.7 Å². The van der Waals surface area contributed by atoms with Crippen LogP contribution in [0, 0.1) is 10.5 Å². The van der Waals surface area contributed by atoms with E-state index in [1.807, 2.05) is 30.3 Å². The van der Waals surface area contributed by atoms with Gasteiger partial charge in [0.15, 0.2) is 11.5 Å². The molecule has 0 saturated heterocycles. The summed E-state index contributed by atoms with van der Waals surface area (Å²) in [5, 5.41) is 0. The number of esters is 1. The summed E-state index contributed by atoms with van der Waals surface area (Å²) in [6.45, 7) is 6.21. The zero-order chi connectivity index (χ0) is 18.9. The molecular formula is C21H21IO4. The van der Waals surface area contributed by atoms with Crippen LogP contribution in [0.25, 0.3) is 6.08 Å². The van der Waals surface area contributed by atoms with Gasteiger partial charge >= 0.3 is 5.97 Å². The van der Waals surface area contributed by atoms with Crippen LogP contribution in [0.3, 0.4) is 0 Å². The lowest BCUT2D eigenvalue weighted by Crippen LogP contribution is -2.02. The van der Waals surface area contributed by atoms with Gasteiger partial charge in [0.25, 0.3) is 0 Å². The highest BCUT2D eigenvalue weighted by Gasteiger charge is 2.12. The maximum Gasteiger partial charge on any atom is 0.331 e. The maximum absolute atomic E-state index is 11.6. The van der Waals surface area contributed by atoms with Crippen LogP contribution >= 0.6 is 22.6 Å². The number of ether oxygens (including phenoxy) is 3. The molecule has 0 N–H and O–H groups in total. The Morgan fingerprint density at radius 3 is 2.73 bits per heavy atom. The summed E-state index contributed by atoms with van der Waals surface area (Å²) in [5.41, 5.74) is 3.13.